The van der Waals surface area contributed by atoms with Gasteiger partial charge in [-0.2, -0.15) is 0 Å². The Morgan fingerprint density at radius 2 is 2.15 bits per heavy atom. The number of piperidine rings is 1. The summed E-state index contributed by atoms with van der Waals surface area (Å²) in [5, 5.41) is 0. The number of Topliss-reactive ketones (excluding diaryl/α,β-unsaturated/α-hetero) is 1. The van der Waals surface area contributed by atoms with Crippen LogP contribution in [0.25, 0.3) is 0 Å². The van der Waals surface area contributed by atoms with Crippen LogP contribution in [0, 0.1) is 5.92 Å². The van der Waals surface area contributed by atoms with Crippen molar-refractivity contribution in [1.29, 1.82) is 0 Å². The Bertz CT molecular complexity index is 511. The molecule has 1 aromatic rings. The van der Waals surface area contributed by atoms with Gasteiger partial charge >= 0.3 is 0 Å². The van der Waals surface area contributed by atoms with E-state index >= 15 is 0 Å². The SMILES string of the molecule is CCC1CN(C(=O)c2cc3c(s2)CCCC3)CCC1=O. The van der Waals surface area contributed by atoms with E-state index in [0.29, 0.717) is 25.3 Å². The highest BCUT2D eigenvalue weighted by Gasteiger charge is 2.30. The third kappa shape index (κ3) is 2.53. The van der Waals surface area contributed by atoms with Gasteiger partial charge in [-0.15, -0.1) is 11.3 Å². The van der Waals surface area contributed by atoms with Gasteiger partial charge in [-0.1, -0.05) is 6.92 Å². The summed E-state index contributed by atoms with van der Waals surface area (Å²) in [5.74, 6) is 0.500. The average Bonchev–Trinajstić information content (AvgIpc) is 2.91. The lowest BCUT2D eigenvalue weighted by Crippen LogP contribution is -2.43. The van der Waals surface area contributed by atoms with Crippen molar-refractivity contribution in [2.24, 2.45) is 5.92 Å². The number of likely N-dealkylation sites (tertiary alicyclic amines) is 1. The summed E-state index contributed by atoms with van der Waals surface area (Å²) in [6.45, 7) is 3.23. The Morgan fingerprint density at radius 3 is 2.90 bits per heavy atom. The Balaban J connectivity index is 1.75. The van der Waals surface area contributed by atoms with Crippen LogP contribution in [0.1, 0.15) is 52.7 Å². The highest BCUT2D eigenvalue weighted by atomic mass is 32.1. The van der Waals surface area contributed by atoms with E-state index < -0.39 is 0 Å². The molecule has 1 aliphatic carbocycles. The minimum atomic E-state index is 0.0438. The van der Waals surface area contributed by atoms with Gasteiger partial charge in [-0.25, -0.2) is 0 Å². The number of ketones is 1. The van der Waals surface area contributed by atoms with Gasteiger partial charge in [0.25, 0.3) is 5.91 Å². The van der Waals surface area contributed by atoms with Crippen LogP contribution < -0.4 is 0 Å². The van der Waals surface area contributed by atoms with E-state index in [2.05, 4.69) is 6.07 Å². The van der Waals surface area contributed by atoms with Gasteiger partial charge in [0.05, 0.1) is 4.88 Å². The van der Waals surface area contributed by atoms with Crippen molar-refractivity contribution in [2.75, 3.05) is 13.1 Å². The summed E-state index contributed by atoms with van der Waals surface area (Å²) in [4.78, 5) is 28.5. The van der Waals surface area contributed by atoms with Crippen LogP contribution in [0.5, 0.6) is 0 Å². The van der Waals surface area contributed by atoms with E-state index in [-0.39, 0.29) is 11.8 Å². The minimum Gasteiger partial charge on any atom is -0.337 e. The molecular formula is C16H21NO2S. The van der Waals surface area contributed by atoms with E-state index in [1.54, 1.807) is 11.3 Å². The Hall–Kier alpha value is -1.16. The number of carbonyl (C=O) groups is 2. The maximum atomic E-state index is 12.6. The molecule has 1 atom stereocenters. The number of hydrogen-bond acceptors (Lipinski definition) is 3. The van der Waals surface area contributed by atoms with Crippen molar-refractivity contribution in [3.63, 3.8) is 0 Å². The molecule has 4 heteroatoms. The smallest absolute Gasteiger partial charge is 0.263 e. The molecule has 0 radical (unpaired) electrons. The predicted molar refractivity (Wildman–Crippen MR) is 80.3 cm³/mol. The predicted octanol–water partition coefficient (Wildman–Crippen LogP) is 3.07. The van der Waals surface area contributed by atoms with Gasteiger partial charge in [-0.3, -0.25) is 9.59 Å². The summed E-state index contributed by atoms with van der Waals surface area (Å²) in [6.07, 6.45) is 6.10. The van der Waals surface area contributed by atoms with E-state index in [0.717, 1.165) is 24.1 Å². The highest BCUT2D eigenvalue weighted by Crippen LogP contribution is 2.31. The van der Waals surface area contributed by atoms with Gasteiger partial charge in [0, 0.05) is 30.3 Å². The number of amides is 1. The lowest BCUT2D eigenvalue weighted by molar-refractivity contribution is -0.125. The summed E-state index contributed by atoms with van der Waals surface area (Å²) in [5.41, 5.74) is 1.38. The van der Waals surface area contributed by atoms with Crippen molar-refractivity contribution < 1.29 is 9.59 Å². The molecule has 0 spiro atoms. The Labute approximate surface area is 124 Å². The molecule has 1 fully saturated rings. The number of hydrogen-bond donors (Lipinski definition) is 0. The molecule has 1 amide bonds. The van der Waals surface area contributed by atoms with E-state index in [4.69, 9.17) is 0 Å². The largest absolute Gasteiger partial charge is 0.337 e. The fourth-order valence-electron chi connectivity index (χ4n) is 3.20. The van der Waals surface area contributed by atoms with Crippen molar-refractivity contribution in [1.82, 2.24) is 4.90 Å². The van der Waals surface area contributed by atoms with Crippen LogP contribution >= 0.6 is 11.3 Å². The lowest BCUT2D eigenvalue weighted by atomic mass is 9.94. The molecule has 0 saturated carbocycles. The quantitative estimate of drug-likeness (QED) is 0.840. The van der Waals surface area contributed by atoms with Crippen LogP contribution in [0.3, 0.4) is 0 Å². The van der Waals surface area contributed by atoms with Gasteiger partial charge in [0.1, 0.15) is 5.78 Å². The van der Waals surface area contributed by atoms with Crippen molar-refractivity contribution in [2.45, 2.75) is 45.4 Å². The first-order valence-corrected chi connectivity index (χ1v) is 8.44. The fourth-order valence-corrected chi connectivity index (χ4v) is 4.42. The van der Waals surface area contributed by atoms with Crippen LogP contribution in [0.4, 0.5) is 0 Å². The van der Waals surface area contributed by atoms with Gasteiger partial charge in [0.2, 0.25) is 0 Å². The molecular weight excluding hydrogens is 270 g/mol. The monoisotopic (exact) mass is 291 g/mol. The second kappa shape index (κ2) is 5.68. The van der Waals surface area contributed by atoms with E-state index in [1.165, 1.54) is 23.3 Å². The molecule has 0 bridgehead atoms. The second-order valence-corrected chi connectivity index (χ2v) is 6.98. The highest BCUT2D eigenvalue weighted by molar-refractivity contribution is 7.14. The Kier molecular flexibility index (Phi) is 3.92. The first kappa shape index (κ1) is 13.8. The van der Waals surface area contributed by atoms with Crippen molar-refractivity contribution in [3.05, 3.63) is 21.4 Å². The molecule has 1 aromatic heterocycles. The number of rotatable bonds is 2. The zero-order valence-electron chi connectivity index (χ0n) is 12.0. The van der Waals surface area contributed by atoms with Gasteiger partial charge < -0.3 is 4.90 Å². The molecule has 2 heterocycles. The number of carbonyl (C=O) groups excluding carboxylic acids is 2. The maximum Gasteiger partial charge on any atom is 0.263 e. The van der Waals surface area contributed by atoms with Crippen LogP contribution in [0.15, 0.2) is 6.07 Å². The van der Waals surface area contributed by atoms with Gasteiger partial charge in [0.15, 0.2) is 0 Å². The van der Waals surface area contributed by atoms with Crippen molar-refractivity contribution >= 4 is 23.0 Å². The third-order valence-corrected chi connectivity index (χ3v) is 5.74. The number of aryl methyl sites for hydroxylation is 2. The molecule has 3 nitrogen and oxygen atoms in total. The number of nitrogens with zero attached hydrogens (tertiary/aromatic N) is 1. The van der Waals surface area contributed by atoms with Crippen LogP contribution in [0.2, 0.25) is 0 Å². The molecule has 108 valence electrons. The molecule has 0 aromatic carbocycles. The average molecular weight is 291 g/mol. The number of fused-ring (bicyclic) bond motifs is 1. The first-order chi connectivity index (χ1) is 9.69. The number of thiophene rings is 1. The summed E-state index contributed by atoms with van der Waals surface area (Å²) < 4.78 is 0. The molecule has 20 heavy (non-hydrogen) atoms. The molecule has 0 N–H and O–H groups in total. The van der Waals surface area contributed by atoms with E-state index in [9.17, 15) is 9.59 Å². The third-order valence-electron chi connectivity index (χ3n) is 4.51. The molecule has 3 rings (SSSR count). The standard InChI is InChI=1S/C16H21NO2S/c1-2-11-10-17(8-7-13(11)18)16(19)15-9-12-5-3-4-6-14(12)20-15/h9,11H,2-8,10H2,1H3. The van der Waals surface area contributed by atoms with E-state index in [1.807, 2.05) is 11.8 Å². The minimum absolute atomic E-state index is 0.0438. The topological polar surface area (TPSA) is 37.4 Å². The molecule has 1 unspecified atom stereocenters. The summed E-state index contributed by atoms with van der Waals surface area (Å²) in [7, 11) is 0. The molecule has 1 saturated heterocycles. The lowest BCUT2D eigenvalue weighted by Gasteiger charge is -2.31. The fraction of sp³-hybridized carbons (Fsp3) is 0.625. The molecule has 1 aliphatic heterocycles. The summed E-state index contributed by atoms with van der Waals surface area (Å²) >= 11 is 1.67. The second-order valence-electron chi connectivity index (χ2n) is 5.84. The van der Waals surface area contributed by atoms with Gasteiger partial charge in [-0.05, 0) is 43.7 Å². The zero-order chi connectivity index (χ0) is 14.1. The van der Waals surface area contributed by atoms with Crippen molar-refractivity contribution in [3.8, 4) is 0 Å². The van der Waals surface area contributed by atoms with Crippen LogP contribution in [-0.4, -0.2) is 29.7 Å². The first-order valence-electron chi connectivity index (χ1n) is 7.62. The zero-order valence-corrected chi connectivity index (χ0v) is 12.8. The van der Waals surface area contributed by atoms with Crippen LogP contribution in [-0.2, 0) is 17.6 Å². The molecule has 2 aliphatic rings. The Morgan fingerprint density at radius 1 is 1.35 bits per heavy atom. The normalized spacial score (nSPS) is 22.8. The maximum absolute atomic E-state index is 12.6. The summed E-state index contributed by atoms with van der Waals surface area (Å²) in [6, 6.07) is 2.10.